The summed E-state index contributed by atoms with van der Waals surface area (Å²) in [6.07, 6.45) is 1.12. The lowest BCUT2D eigenvalue weighted by Gasteiger charge is -2.34. The standard InChI is InChI=1S/C20H21N3O2/c24-19(14-6-2-1-3-7-14)15-10-12-23(13-11-15)20(25)18-16-8-4-5-9-17(16)21-22-18/h1-9,15,19,24H,10-13H2,(H,21,22)/t19-/m1/s1. The minimum absolute atomic E-state index is 0.0369. The molecule has 25 heavy (non-hydrogen) atoms. The van der Waals surface area contributed by atoms with Gasteiger partial charge >= 0.3 is 0 Å². The Kier molecular flexibility index (Phi) is 4.24. The zero-order valence-corrected chi connectivity index (χ0v) is 13.9. The normalized spacial score (nSPS) is 16.9. The van der Waals surface area contributed by atoms with Gasteiger partial charge in [0.1, 0.15) is 0 Å². The Morgan fingerprint density at radius 3 is 2.52 bits per heavy atom. The molecular weight excluding hydrogens is 314 g/mol. The molecule has 1 aliphatic rings. The van der Waals surface area contributed by atoms with E-state index in [-0.39, 0.29) is 11.8 Å². The summed E-state index contributed by atoms with van der Waals surface area (Å²) in [4.78, 5) is 14.6. The Bertz CT molecular complexity index is 867. The number of nitrogens with one attached hydrogen (secondary N) is 1. The summed E-state index contributed by atoms with van der Waals surface area (Å²) in [6, 6.07) is 17.4. The van der Waals surface area contributed by atoms with E-state index in [0.717, 1.165) is 29.3 Å². The van der Waals surface area contributed by atoms with E-state index in [9.17, 15) is 9.90 Å². The summed E-state index contributed by atoms with van der Waals surface area (Å²) in [5.74, 6) is 0.146. The predicted molar refractivity (Wildman–Crippen MR) is 96.1 cm³/mol. The van der Waals surface area contributed by atoms with Gasteiger partial charge in [-0.05, 0) is 30.4 Å². The molecule has 1 fully saturated rings. The summed E-state index contributed by atoms with van der Waals surface area (Å²) >= 11 is 0. The lowest BCUT2D eigenvalue weighted by atomic mass is 9.87. The number of fused-ring (bicyclic) bond motifs is 1. The van der Waals surface area contributed by atoms with E-state index in [0.29, 0.717) is 18.8 Å². The number of benzene rings is 2. The molecule has 128 valence electrons. The summed E-state index contributed by atoms with van der Waals surface area (Å²) < 4.78 is 0. The molecule has 0 unspecified atom stereocenters. The smallest absolute Gasteiger partial charge is 0.274 e. The van der Waals surface area contributed by atoms with E-state index >= 15 is 0 Å². The second-order valence-corrected chi connectivity index (χ2v) is 6.60. The van der Waals surface area contributed by atoms with Crippen molar-refractivity contribution >= 4 is 16.8 Å². The van der Waals surface area contributed by atoms with Crippen molar-refractivity contribution in [1.29, 1.82) is 0 Å². The van der Waals surface area contributed by atoms with Crippen molar-refractivity contribution in [2.45, 2.75) is 18.9 Å². The zero-order valence-electron chi connectivity index (χ0n) is 13.9. The lowest BCUT2D eigenvalue weighted by Crippen LogP contribution is -2.40. The van der Waals surface area contributed by atoms with Crippen LogP contribution < -0.4 is 0 Å². The van der Waals surface area contributed by atoms with Gasteiger partial charge < -0.3 is 10.0 Å². The average molecular weight is 335 g/mol. The molecule has 0 radical (unpaired) electrons. The fraction of sp³-hybridized carbons (Fsp3) is 0.300. The third-order valence-electron chi connectivity index (χ3n) is 5.09. The van der Waals surface area contributed by atoms with Crippen LogP contribution in [0.15, 0.2) is 54.6 Å². The van der Waals surface area contributed by atoms with Gasteiger partial charge in [0, 0.05) is 18.5 Å². The second kappa shape index (κ2) is 6.69. The minimum Gasteiger partial charge on any atom is -0.388 e. The third kappa shape index (κ3) is 3.03. The number of aromatic amines is 1. The molecule has 2 aromatic carbocycles. The monoisotopic (exact) mass is 335 g/mol. The minimum atomic E-state index is -0.468. The third-order valence-corrected chi connectivity index (χ3v) is 5.09. The van der Waals surface area contributed by atoms with Gasteiger partial charge in [0.05, 0.1) is 11.6 Å². The number of amides is 1. The molecule has 4 rings (SSSR count). The van der Waals surface area contributed by atoms with Crippen LogP contribution in [0.2, 0.25) is 0 Å². The fourth-order valence-electron chi connectivity index (χ4n) is 3.62. The van der Waals surface area contributed by atoms with Crippen LogP contribution in [-0.2, 0) is 0 Å². The molecule has 1 aliphatic heterocycles. The fourth-order valence-corrected chi connectivity index (χ4v) is 3.62. The number of nitrogens with zero attached hydrogens (tertiary/aromatic N) is 2. The highest BCUT2D eigenvalue weighted by molar-refractivity contribution is 6.04. The van der Waals surface area contributed by atoms with Gasteiger partial charge in [0.2, 0.25) is 0 Å². The number of carbonyl (C=O) groups excluding carboxylic acids is 1. The number of H-pyrrole nitrogens is 1. The van der Waals surface area contributed by atoms with Crippen LogP contribution in [0.5, 0.6) is 0 Å². The van der Waals surface area contributed by atoms with Crippen LogP contribution in [0.1, 0.15) is 35.0 Å². The molecule has 2 heterocycles. The number of hydrogen-bond donors (Lipinski definition) is 2. The van der Waals surface area contributed by atoms with Gasteiger partial charge in [-0.1, -0.05) is 48.5 Å². The maximum atomic E-state index is 12.8. The van der Waals surface area contributed by atoms with Gasteiger partial charge in [-0.3, -0.25) is 9.89 Å². The van der Waals surface area contributed by atoms with Crippen molar-refractivity contribution in [2.24, 2.45) is 5.92 Å². The maximum Gasteiger partial charge on any atom is 0.274 e. The zero-order chi connectivity index (χ0) is 17.2. The van der Waals surface area contributed by atoms with Crippen molar-refractivity contribution in [3.05, 3.63) is 65.9 Å². The summed E-state index contributed by atoms with van der Waals surface area (Å²) in [7, 11) is 0. The quantitative estimate of drug-likeness (QED) is 0.772. The van der Waals surface area contributed by atoms with Gasteiger partial charge in [-0.2, -0.15) is 5.10 Å². The first-order valence-electron chi connectivity index (χ1n) is 8.69. The van der Waals surface area contributed by atoms with E-state index in [4.69, 9.17) is 0 Å². The lowest BCUT2D eigenvalue weighted by molar-refractivity contribution is 0.0460. The number of aromatic nitrogens is 2. The highest BCUT2D eigenvalue weighted by atomic mass is 16.3. The van der Waals surface area contributed by atoms with Gasteiger partial charge in [0.25, 0.3) is 5.91 Å². The number of piperidine rings is 1. The van der Waals surface area contributed by atoms with Crippen LogP contribution in [-0.4, -0.2) is 39.2 Å². The van der Waals surface area contributed by atoms with Crippen molar-refractivity contribution in [3.8, 4) is 0 Å². The first kappa shape index (κ1) is 15.8. The molecule has 1 atom stereocenters. The number of aliphatic hydroxyl groups excluding tert-OH is 1. The number of para-hydroxylation sites is 1. The topological polar surface area (TPSA) is 69.2 Å². The molecule has 5 heteroatoms. The largest absolute Gasteiger partial charge is 0.388 e. The molecule has 1 aromatic heterocycles. The first-order valence-corrected chi connectivity index (χ1v) is 8.69. The molecule has 5 nitrogen and oxygen atoms in total. The highest BCUT2D eigenvalue weighted by Crippen LogP contribution is 2.31. The molecule has 2 N–H and O–H groups in total. The van der Waals surface area contributed by atoms with Gasteiger partial charge in [-0.15, -0.1) is 0 Å². The van der Waals surface area contributed by atoms with Crippen LogP contribution >= 0.6 is 0 Å². The number of carbonyl (C=O) groups is 1. The summed E-state index contributed by atoms with van der Waals surface area (Å²) in [6.45, 7) is 1.29. The van der Waals surface area contributed by atoms with Crippen LogP contribution in [0.4, 0.5) is 0 Å². The summed E-state index contributed by atoms with van der Waals surface area (Å²) in [5, 5.41) is 18.6. The first-order chi connectivity index (χ1) is 12.2. The summed E-state index contributed by atoms with van der Waals surface area (Å²) in [5.41, 5.74) is 2.31. The van der Waals surface area contributed by atoms with Gasteiger partial charge in [-0.25, -0.2) is 0 Å². The number of likely N-dealkylation sites (tertiary alicyclic amines) is 1. The Labute approximate surface area is 146 Å². The average Bonchev–Trinajstić information content (AvgIpc) is 3.12. The van der Waals surface area contributed by atoms with E-state index in [1.54, 1.807) is 0 Å². The molecular formula is C20H21N3O2. The molecule has 1 saturated heterocycles. The number of aliphatic hydroxyl groups is 1. The van der Waals surface area contributed by atoms with Crippen molar-refractivity contribution in [3.63, 3.8) is 0 Å². The Hall–Kier alpha value is -2.66. The molecule has 0 saturated carbocycles. The Morgan fingerprint density at radius 1 is 1.08 bits per heavy atom. The Balaban J connectivity index is 1.44. The predicted octanol–water partition coefficient (Wildman–Crippen LogP) is 3.15. The molecule has 0 spiro atoms. The number of hydrogen-bond acceptors (Lipinski definition) is 3. The van der Waals surface area contributed by atoms with Crippen LogP contribution in [0.25, 0.3) is 10.9 Å². The molecule has 0 bridgehead atoms. The van der Waals surface area contributed by atoms with Crippen molar-refractivity contribution in [1.82, 2.24) is 15.1 Å². The van der Waals surface area contributed by atoms with Crippen molar-refractivity contribution in [2.75, 3.05) is 13.1 Å². The van der Waals surface area contributed by atoms with Gasteiger partial charge in [0.15, 0.2) is 5.69 Å². The van der Waals surface area contributed by atoms with E-state index in [1.807, 2.05) is 59.5 Å². The Morgan fingerprint density at radius 2 is 1.76 bits per heavy atom. The van der Waals surface area contributed by atoms with E-state index < -0.39 is 6.10 Å². The van der Waals surface area contributed by atoms with E-state index in [1.165, 1.54) is 0 Å². The maximum absolute atomic E-state index is 12.8. The highest BCUT2D eigenvalue weighted by Gasteiger charge is 2.30. The van der Waals surface area contributed by atoms with Crippen LogP contribution in [0.3, 0.4) is 0 Å². The molecule has 3 aromatic rings. The molecule has 1 amide bonds. The number of rotatable bonds is 3. The molecule has 0 aliphatic carbocycles. The van der Waals surface area contributed by atoms with Crippen molar-refractivity contribution < 1.29 is 9.90 Å². The van der Waals surface area contributed by atoms with E-state index in [2.05, 4.69) is 10.2 Å². The van der Waals surface area contributed by atoms with Crippen LogP contribution in [0, 0.1) is 5.92 Å². The SMILES string of the molecule is O=C(c1n[nH]c2ccccc12)N1CCC([C@H](O)c2ccccc2)CC1. The second-order valence-electron chi connectivity index (χ2n) is 6.60.